The molecule has 1 amide bonds. The van der Waals surface area contributed by atoms with Crippen molar-refractivity contribution in [1.29, 1.82) is 0 Å². The van der Waals surface area contributed by atoms with Gasteiger partial charge in [0.05, 0.1) is 0 Å². The lowest BCUT2D eigenvalue weighted by atomic mass is 10.1. The number of ether oxygens (including phenoxy) is 1. The fourth-order valence-electron chi connectivity index (χ4n) is 1.87. The fourth-order valence-corrected chi connectivity index (χ4v) is 2.06. The Morgan fingerprint density at radius 1 is 1.13 bits per heavy atom. The molecule has 0 aliphatic rings. The summed E-state index contributed by atoms with van der Waals surface area (Å²) in [5, 5.41) is 13.0. The van der Waals surface area contributed by atoms with Gasteiger partial charge in [-0.2, -0.15) is 0 Å². The number of nitrogens with one attached hydrogen (secondary N) is 1. The topological polar surface area (TPSA) is 75.6 Å². The molecular weight excluding hydrogens is 318 g/mol. The molecule has 0 aliphatic carbocycles. The average molecular weight is 334 g/mol. The van der Waals surface area contributed by atoms with Gasteiger partial charge in [0.25, 0.3) is 5.91 Å². The monoisotopic (exact) mass is 333 g/mol. The minimum atomic E-state index is -1.43. The van der Waals surface area contributed by atoms with Crippen molar-refractivity contribution in [1.82, 2.24) is 0 Å². The molecule has 0 heterocycles. The van der Waals surface area contributed by atoms with Crippen LogP contribution in [0.4, 0.5) is 5.69 Å². The molecule has 2 N–H and O–H groups in total. The third-order valence-electron chi connectivity index (χ3n) is 3.09. The summed E-state index contributed by atoms with van der Waals surface area (Å²) in [5.41, 5.74) is 0.897. The standard InChI is InChI=1S/C17H16ClNO4/c1-11(16(21)19-14-9-5-8-13(18)10-14)23-17(22)15(20)12-6-3-2-4-7-12/h2-11,15,20H,1H3,(H,19,21)/t11-,15+/m0/s1. The predicted molar refractivity (Wildman–Crippen MR) is 87.0 cm³/mol. The first kappa shape index (κ1) is 17.0. The molecule has 2 rings (SSSR count). The van der Waals surface area contributed by atoms with E-state index in [9.17, 15) is 14.7 Å². The van der Waals surface area contributed by atoms with E-state index in [1.807, 2.05) is 0 Å². The largest absolute Gasteiger partial charge is 0.450 e. The number of amides is 1. The van der Waals surface area contributed by atoms with Crippen molar-refractivity contribution in [3.8, 4) is 0 Å². The first-order valence-corrected chi connectivity index (χ1v) is 7.35. The van der Waals surface area contributed by atoms with Gasteiger partial charge in [-0.3, -0.25) is 4.79 Å². The van der Waals surface area contributed by atoms with Gasteiger partial charge in [-0.05, 0) is 30.7 Å². The number of rotatable bonds is 5. The minimum absolute atomic E-state index is 0.403. The highest BCUT2D eigenvalue weighted by molar-refractivity contribution is 6.30. The van der Waals surface area contributed by atoms with Gasteiger partial charge in [0.2, 0.25) is 0 Å². The van der Waals surface area contributed by atoms with E-state index in [1.54, 1.807) is 54.6 Å². The number of hydrogen-bond donors (Lipinski definition) is 2. The lowest BCUT2D eigenvalue weighted by Gasteiger charge is -2.16. The first-order valence-electron chi connectivity index (χ1n) is 6.97. The SMILES string of the molecule is C[C@H](OC(=O)[C@H](O)c1ccccc1)C(=O)Nc1cccc(Cl)c1. The van der Waals surface area contributed by atoms with Crippen molar-refractivity contribution >= 4 is 29.2 Å². The van der Waals surface area contributed by atoms with Crippen LogP contribution in [0.1, 0.15) is 18.6 Å². The number of aliphatic hydroxyl groups excluding tert-OH is 1. The molecule has 0 saturated carbocycles. The van der Waals surface area contributed by atoms with Crippen LogP contribution < -0.4 is 5.32 Å². The summed E-state index contributed by atoms with van der Waals surface area (Å²) in [5.74, 6) is -1.40. The van der Waals surface area contributed by atoms with Gasteiger partial charge in [0.15, 0.2) is 12.2 Å². The number of anilines is 1. The Bertz CT molecular complexity index is 690. The number of esters is 1. The van der Waals surface area contributed by atoms with Gasteiger partial charge in [-0.25, -0.2) is 4.79 Å². The Kier molecular flexibility index (Phi) is 5.73. The molecule has 0 fully saturated rings. The zero-order valence-corrected chi connectivity index (χ0v) is 13.2. The van der Waals surface area contributed by atoms with Gasteiger partial charge in [-0.1, -0.05) is 48.0 Å². The summed E-state index contributed by atoms with van der Waals surface area (Å²) < 4.78 is 5.00. The van der Waals surface area contributed by atoms with E-state index in [4.69, 9.17) is 16.3 Å². The van der Waals surface area contributed by atoms with Crippen LogP contribution in [-0.2, 0) is 14.3 Å². The highest BCUT2D eigenvalue weighted by atomic mass is 35.5. The summed E-state index contributed by atoms with van der Waals surface area (Å²) in [7, 11) is 0. The normalized spacial score (nSPS) is 13.0. The number of aliphatic hydroxyl groups is 1. The summed E-state index contributed by atoms with van der Waals surface area (Å²) in [4.78, 5) is 23.9. The Morgan fingerprint density at radius 3 is 2.48 bits per heavy atom. The number of carbonyl (C=O) groups excluding carboxylic acids is 2. The highest BCUT2D eigenvalue weighted by Gasteiger charge is 2.24. The van der Waals surface area contributed by atoms with Crippen LogP contribution in [0.3, 0.4) is 0 Å². The third kappa shape index (κ3) is 4.81. The van der Waals surface area contributed by atoms with Crippen molar-refractivity contribution in [2.75, 3.05) is 5.32 Å². The van der Waals surface area contributed by atoms with Crippen LogP contribution in [0, 0.1) is 0 Å². The van der Waals surface area contributed by atoms with Crippen LogP contribution in [-0.4, -0.2) is 23.1 Å². The molecule has 2 aromatic rings. The molecule has 6 heteroatoms. The molecule has 2 atom stereocenters. The van der Waals surface area contributed by atoms with E-state index in [0.717, 1.165) is 0 Å². The molecule has 0 unspecified atom stereocenters. The number of halogens is 1. The van der Waals surface area contributed by atoms with Crippen LogP contribution in [0.25, 0.3) is 0 Å². The maximum atomic E-state index is 12.0. The van der Waals surface area contributed by atoms with Crippen molar-refractivity contribution in [2.45, 2.75) is 19.1 Å². The van der Waals surface area contributed by atoms with Crippen molar-refractivity contribution in [3.05, 3.63) is 65.2 Å². The quantitative estimate of drug-likeness (QED) is 0.825. The van der Waals surface area contributed by atoms with Gasteiger partial charge in [0, 0.05) is 10.7 Å². The molecule has 23 heavy (non-hydrogen) atoms. The summed E-state index contributed by atoms with van der Waals surface area (Å²) in [6.07, 6.45) is -2.49. The number of carbonyl (C=O) groups is 2. The first-order chi connectivity index (χ1) is 11.0. The Hall–Kier alpha value is -2.37. The van der Waals surface area contributed by atoms with Crippen molar-refractivity contribution in [3.63, 3.8) is 0 Å². The van der Waals surface area contributed by atoms with Gasteiger partial charge in [-0.15, -0.1) is 0 Å². The van der Waals surface area contributed by atoms with E-state index in [2.05, 4.69) is 5.32 Å². The smallest absolute Gasteiger partial charge is 0.340 e. The number of benzene rings is 2. The highest BCUT2D eigenvalue weighted by Crippen LogP contribution is 2.17. The van der Waals surface area contributed by atoms with E-state index in [0.29, 0.717) is 16.3 Å². The zero-order valence-electron chi connectivity index (χ0n) is 12.4. The Balaban J connectivity index is 1.94. The molecule has 5 nitrogen and oxygen atoms in total. The summed E-state index contributed by atoms with van der Waals surface area (Å²) >= 11 is 5.83. The molecule has 0 spiro atoms. The minimum Gasteiger partial charge on any atom is -0.450 e. The Labute approximate surface area is 138 Å². The second kappa shape index (κ2) is 7.76. The summed E-state index contributed by atoms with van der Waals surface area (Å²) in [6, 6.07) is 15.0. The molecule has 120 valence electrons. The fraction of sp³-hybridized carbons (Fsp3) is 0.176. The maximum Gasteiger partial charge on any atom is 0.340 e. The van der Waals surface area contributed by atoms with Crippen molar-refractivity contribution in [2.24, 2.45) is 0 Å². The maximum absolute atomic E-state index is 12.0. The molecule has 0 aliphatic heterocycles. The van der Waals surface area contributed by atoms with Gasteiger partial charge < -0.3 is 15.2 Å². The van der Waals surface area contributed by atoms with Crippen LogP contribution in [0.15, 0.2) is 54.6 Å². The number of hydrogen-bond acceptors (Lipinski definition) is 4. The van der Waals surface area contributed by atoms with Gasteiger partial charge >= 0.3 is 5.97 Å². The molecule has 0 saturated heterocycles. The summed E-state index contributed by atoms with van der Waals surface area (Å²) in [6.45, 7) is 1.43. The Morgan fingerprint density at radius 2 is 1.83 bits per heavy atom. The third-order valence-corrected chi connectivity index (χ3v) is 3.33. The van der Waals surface area contributed by atoms with Crippen LogP contribution >= 0.6 is 11.6 Å². The molecule has 0 aromatic heterocycles. The second-order valence-corrected chi connectivity index (χ2v) is 5.33. The van der Waals surface area contributed by atoms with Crippen LogP contribution in [0.5, 0.6) is 0 Å². The van der Waals surface area contributed by atoms with E-state index < -0.39 is 24.1 Å². The zero-order chi connectivity index (χ0) is 16.8. The molecule has 0 radical (unpaired) electrons. The lowest BCUT2D eigenvalue weighted by Crippen LogP contribution is -2.31. The van der Waals surface area contributed by atoms with E-state index in [-0.39, 0.29) is 0 Å². The second-order valence-electron chi connectivity index (χ2n) is 4.89. The van der Waals surface area contributed by atoms with Gasteiger partial charge in [0.1, 0.15) is 0 Å². The van der Waals surface area contributed by atoms with E-state index in [1.165, 1.54) is 6.92 Å². The predicted octanol–water partition coefficient (Wildman–Crippen LogP) is 2.94. The molecular formula is C17H16ClNO4. The van der Waals surface area contributed by atoms with Crippen LogP contribution in [0.2, 0.25) is 5.02 Å². The van der Waals surface area contributed by atoms with Crippen molar-refractivity contribution < 1.29 is 19.4 Å². The molecule has 2 aromatic carbocycles. The average Bonchev–Trinajstić information content (AvgIpc) is 2.54. The molecule has 0 bridgehead atoms. The lowest BCUT2D eigenvalue weighted by molar-refractivity contribution is -0.162. The van der Waals surface area contributed by atoms with E-state index >= 15 is 0 Å².